The van der Waals surface area contributed by atoms with Crippen molar-refractivity contribution in [2.45, 2.75) is 283 Å². The summed E-state index contributed by atoms with van der Waals surface area (Å²) in [7, 11) is 2.00. The summed E-state index contributed by atoms with van der Waals surface area (Å²) >= 11 is 0. The molecule has 0 amide bonds. The number of hydroxylamine groups is 2. The van der Waals surface area contributed by atoms with Gasteiger partial charge in [0.25, 0.3) is 14.1 Å². The third kappa shape index (κ3) is 20.8. The van der Waals surface area contributed by atoms with Gasteiger partial charge < -0.3 is 18.5 Å². The van der Waals surface area contributed by atoms with E-state index in [0.717, 1.165) is 60.2 Å². The predicted octanol–water partition coefficient (Wildman–Crippen LogP) is 15.1. The highest BCUT2D eigenvalue weighted by Gasteiger charge is 2.50. The van der Waals surface area contributed by atoms with E-state index in [4.69, 9.17) is 23.4 Å². The monoisotopic (exact) mass is 1050 g/mol. The van der Waals surface area contributed by atoms with Crippen LogP contribution < -0.4 is 11.2 Å². The normalized spacial score (nSPS) is 28.9. The number of rotatable bonds is 44. The number of unbranched alkanes of at least 4 members (excludes halogenated alkanes) is 14. The molecule has 1 aromatic heterocycles. The molecule has 11 unspecified atom stereocenters. The molecule has 0 spiro atoms. The quantitative estimate of drug-likeness (QED) is 0.0383. The summed E-state index contributed by atoms with van der Waals surface area (Å²) in [4.78, 5) is 34.4. The van der Waals surface area contributed by atoms with Gasteiger partial charge in [-0.3, -0.25) is 19.2 Å². The van der Waals surface area contributed by atoms with Crippen molar-refractivity contribution < 1.29 is 23.4 Å². The lowest BCUT2D eigenvalue weighted by molar-refractivity contribution is -0.201. The number of hydrogen-bond acceptors (Lipinski definition) is 10. The maximum absolute atomic E-state index is 13.2. The van der Waals surface area contributed by atoms with Crippen LogP contribution in [0.4, 0.5) is 0 Å². The number of aromatic nitrogens is 2. The number of nitriles is 1. The van der Waals surface area contributed by atoms with Gasteiger partial charge in [0.05, 0.1) is 25.7 Å². The third-order valence-electron chi connectivity index (χ3n) is 18.1. The molecular weight excluding hydrogens is 946 g/mol. The van der Waals surface area contributed by atoms with Crippen LogP contribution >= 0.6 is 8.53 Å². The average Bonchev–Trinajstić information content (AvgIpc) is 4.26. The molecule has 74 heavy (non-hydrogen) atoms. The minimum atomic E-state index is -1.66. The number of hydrogen-bond donors (Lipinski definition) is 1. The second kappa shape index (κ2) is 33.0. The van der Waals surface area contributed by atoms with Crippen molar-refractivity contribution in [3.8, 4) is 6.07 Å². The van der Waals surface area contributed by atoms with Gasteiger partial charge in [0.1, 0.15) is 18.3 Å². The number of H-pyrrole nitrogens is 1. The van der Waals surface area contributed by atoms with E-state index in [1.807, 2.05) is 0 Å². The van der Waals surface area contributed by atoms with E-state index in [0.29, 0.717) is 0 Å². The van der Waals surface area contributed by atoms with Crippen LogP contribution in [0.5, 0.6) is 0 Å². The topological polar surface area (TPSA) is 131 Å². The molecule has 0 radical (unpaired) electrons. The second-order valence-electron chi connectivity index (χ2n) is 24.8. The van der Waals surface area contributed by atoms with Crippen LogP contribution in [0.15, 0.2) is 21.9 Å². The molecule has 0 bridgehead atoms. The molecule has 1 aliphatic heterocycles. The summed E-state index contributed by atoms with van der Waals surface area (Å²) in [5.74, 6) is 8.42. The molecule has 1 N–H and O–H groups in total. The summed E-state index contributed by atoms with van der Waals surface area (Å²) < 4.78 is 29.6. The number of nitrogens with zero attached hydrogens (tertiary/aromatic N) is 4. The Kier molecular flexibility index (Phi) is 27.5. The standard InChI is InChI=1S/C61H108N5O7P/c1-9-11-21-28-47-38-51(47)42-53-40-49(53)30-23-17-13-15-19-25-32-55(33-26-20-16-14-18-24-31-50-41-54(50)43-52-39-48(52)29-22-12-10-2)64(7)70-44-56-58(73-74(71-37-27-35-62)66(45(3)4)46(5)6)59(69-8)60(72-56)65-36-34-57(67)63-61(65)68/h34,36,45-56,58-60H,9-33,37-44H2,1-8H3,(H,63,67,68)/t47?,48?,49?,50?,51?,52?,53?,54?,55?,56-,58?,59?,60-,74?/m1/s1. The van der Waals surface area contributed by atoms with Crippen molar-refractivity contribution in [2.75, 3.05) is 27.4 Å². The fraction of sp³-hybridized carbons (Fsp3) is 0.918. The Balaban J connectivity index is 0.978. The lowest BCUT2D eigenvalue weighted by Crippen LogP contribution is -2.43. The molecular formula is C61H108N5O7P. The highest BCUT2D eigenvalue weighted by Crippen LogP contribution is 2.56. The average molecular weight is 1050 g/mol. The van der Waals surface area contributed by atoms with E-state index >= 15 is 0 Å². The van der Waals surface area contributed by atoms with Crippen molar-refractivity contribution in [3.63, 3.8) is 0 Å². The highest BCUT2D eigenvalue weighted by molar-refractivity contribution is 7.44. The van der Waals surface area contributed by atoms with Gasteiger partial charge in [0.2, 0.25) is 0 Å². The number of aromatic amines is 1. The largest absolute Gasteiger partial charge is 0.374 e. The van der Waals surface area contributed by atoms with Crippen LogP contribution in [0.2, 0.25) is 0 Å². The molecule has 1 aromatic rings. The van der Waals surface area contributed by atoms with Gasteiger partial charge in [-0.25, -0.2) is 9.46 Å². The van der Waals surface area contributed by atoms with Gasteiger partial charge >= 0.3 is 5.69 Å². The van der Waals surface area contributed by atoms with E-state index in [2.05, 4.69) is 69.4 Å². The number of nitrogens with one attached hydrogen (secondary N) is 1. The SMILES string of the molecule is CCCCCC1CC1CC1CC1CCCCCCCCC(CCCCCCCCC1CC1CC1CC1CCCCC)N(C)OC[C@H]1O[C@@H](n2ccc(=O)[nH]c2=O)C(OC)C1OP(OCCC#N)N(C(C)C)C(C)C. The van der Waals surface area contributed by atoms with E-state index in [-0.39, 0.29) is 37.8 Å². The zero-order valence-corrected chi connectivity index (χ0v) is 49.1. The van der Waals surface area contributed by atoms with Gasteiger partial charge in [0.15, 0.2) is 6.23 Å². The van der Waals surface area contributed by atoms with Crippen molar-refractivity contribution in [1.29, 1.82) is 5.26 Å². The van der Waals surface area contributed by atoms with Crippen molar-refractivity contribution in [3.05, 3.63) is 33.1 Å². The zero-order chi connectivity index (χ0) is 52.8. The first-order valence-corrected chi connectivity index (χ1v) is 32.2. The molecule has 4 aliphatic carbocycles. The summed E-state index contributed by atoms with van der Waals surface area (Å²) in [6.45, 7) is 13.5. The van der Waals surface area contributed by atoms with Crippen molar-refractivity contribution >= 4 is 8.53 Å². The van der Waals surface area contributed by atoms with Crippen molar-refractivity contribution in [2.24, 2.45) is 47.3 Å². The lowest BCUT2D eigenvalue weighted by atomic mass is 9.99. The third-order valence-corrected chi connectivity index (χ3v) is 20.2. The fourth-order valence-electron chi connectivity index (χ4n) is 13.2. The lowest BCUT2D eigenvalue weighted by Gasteiger charge is -2.38. The Labute approximate surface area is 451 Å². The van der Waals surface area contributed by atoms with Crippen LogP contribution in [-0.4, -0.2) is 83.1 Å². The molecule has 13 atom stereocenters. The van der Waals surface area contributed by atoms with Gasteiger partial charge in [0, 0.05) is 44.5 Å². The first kappa shape index (κ1) is 61.5. The van der Waals surface area contributed by atoms with E-state index in [9.17, 15) is 14.9 Å². The van der Waals surface area contributed by atoms with Crippen molar-refractivity contribution in [1.82, 2.24) is 19.3 Å². The molecule has 5 fully saturated rings. The molecule has 13 heteroatoms. The maximum Gasteiger partial charge on any atom is 0.330 e. The summed E-state index contributed by atoms with van der Waals surface area (Å²) in [5.41, 5.74) is -1.07. The van der Waals surface area contributed by atoms with Crippen LogP contribution in [0.3, 0.4) is 0 Å². The molecule has 12 nitrogen and oxygen atoms in total. The Morgan fingerprint density at radius 3 is 1.62 bits per heavy atom. The summed E-state index contributed by atoms with van der Waals surface area (Å²) in [6.07, 6.45) is 40.1. The second-order valence-corrected chi connectivity index (χ2v) is 26.2. The van der Waals surface area contributed by atoms with Gasteiger partial charge in [-0.05, 0) is 126 Å². The van der Waals surface area contributed by atoms with E-state index in [1.54, 1.807) is 7.11 Å². The molecule has 5 aliphatic rings. The number of ether oxygens (including phenoxy) is 2. The Bertz CT molecular complexity index is 1790. The van der Waals surface area contributed by atoms with Gasteiger partial charge in [-0.15, -0.1) is 0 Å². The molecule has 2 heterocycles. The fourth-order valence-corrected chi connectivity index (χ4v) is 14.9. The van der Waals surface area contributed by atoms with Gasteiger partial charge in [-0.2, -0.15) is 10.3 Å². The Hall–Kier alpha value is -1.68. The van der Waals surface area contributed by atoms with Crippen LogP contribution in [0, 0.1) is 58.7 Å². The number of methoxy groups -OCH3 is 1. The Morgan fingerprint density at radius 2 is 1.18 bits per heavy atom. The van der Waals surface area contributed by atoms with Gasteiger partial charge in [-0.1, -0.05) is 155 Å². The van der Waals surface area contributed by atoms with E-state index in [1.165, 1.54) is 197 Å². The molecule has 0 aromatic carbocycles. The first-order valence-electron chi connectivity index (χ1n) is 31.1. The summed E-state index contributed by atoms with van der Waals surface area (Å²) in [5, 5.41) is 11.5. The smallest absolute Gasteiger partial charge is 0.330 e. The highest BCUT2D eigenvalue weighted by atomic mass is 31.2. The van der Waals surface area contributed by atoms with E-state index < -0.39 is 44.3 Å². The minimum Gasteiger partial charge on any atom is -0.374 e. The summed E-state index contributed by atoms with van der Waals surface area (Å²) in [6, 6.07) is 3.96. The van der Waals surface area contributed by atoms with Crippen LogP contribution in [0.25, 0.3) is 0 Å². The zero-order valence-electron chi connectivity index (χ0n) is 48.2. The molecule has 424 valence electrons. The molecule has 1 saturated heterocycles. The maximum atomic E-state index is 13.2. The Morgan fingerprint density at radius 1 is 0.703 bits per heavy atom. The minimum absolute atomic E-state index is 0.0894. The molecule has 4 saturated carbocycles. The van der Waals surface area contributed by atoms with Crippen LogP contribution in [0.1, 0.15) is 247 Å². The van der Waals surface area contributed by atoms with Crippen LogP contribution in [-0.2, 0) is 23.4 Å². The predicted molar refractivity (Wildman–Crippen MR) is 301 cm³/mol. The molecule has 6 rings (SSSR count). The first-order chi connectivity index (χ1) is 36.0.